The first-order valence-corrected chi connectivity index (χ1v) is 8.48. The Balaban J connectivity index is 1.55. The monoisotopic (exact) mass is 323 g/mol. The van der Waals surface area contributed by atoms with Gasteiger partial charge in [0.25, 0.3) is 5.91 Å². The molecule has 4 heteroatoms. The second-order valence-corrected chi connectivity index (χ2v) is 6.60. The third kappa shape index (κ3) is 2.96. The van der Waals surface area contributed by atoms with E-state index in [0.717, 1.165) is 12.0 Å². The fourth-order valence-corrected chi connectivity index (χ4v) is 3.32. The third-order valence-corrected chi connectivity index (χ3v) is 4.85. The zero-order valence-electron chi connectivity index (χ0n) is 13.7. The topological polar surface area (TPSA) is 47.6 Å². The van der Waals surface area contributed by atoms with E-state index in [9.17, 15) is 4.79 Å². The first-order chi connectivity index (χ1) is 11.7. The number of carbonyl (C=O) groups is 1. The van der Waals surface area contributed by atoms with Gasteiger partial charge in [-0.3, -0.25) is 4.79 Å². The maximum atomic E-state index is 12.7. The number of fused-ring (bicyclic) bond motifs is 1. The summed E-state index contributed by atoms with van der Waals surface area (Å²) in [6.07, 6.45) is 1.15. The highest BCUT2D eigenvalue weighted by atomic mass is 16.6. The molecule has 1 aliphatic carbocycles. The van der Waals surface area contributed by atoms with E-state index in [-0.39, 0.29) is 11.9 Å². The van der Waals surface area contributed by atoms with Gasteiger partial charge >= 0.3 is 0 Å². The van der Waals surface area contributed by atoms with Crippen LogP contribution in [0.5, 0.6) is 11.5 Å². The molecule has 1 fully saturated rings. The molecule has 24 heavy (non-hydrogen) atoms. The minimum atomic E-state index is -0.0695. The van der Waals surface area contributed by atoms with Crippen LogP contribution in [0.4, 0.5) is 0 Å². The van der Waals surface area contributed by atoms with Gasteiger partial charge in [0.05, 0.1) is 6.04 Å². The normalized spacial score (nSPS) is 22.5. The molecule has 1 saturated carbocycles. The highest BCUT2D eigenvalue weighted by Gasteiger charge is 2.41. The number of hydrogen-bond acceptors (Lipinski definition) is 3. The largest absolute Gasteiger partial charge is 0.486 e. The lowest BCUT2D eigenvalue weighted by Crippen LogP contribution is -2.30. The summed E-state index contributed by atoms with van der Waals surface area (Å²) in [6, 6.07) is 15.6. The SMILES string of the molecule is CC1CC1C(NC(=O)c1ccc2c(c1)OCCO2)c1ccccc1. The molecule has 3 atom stereocenters. The van der Waals surface area contributed by atoms with Crippen LogP contribution in [0, 0.1) is 11.8 Å². The van der Waals surface area contributed by atoms with Crippen LogP contribution in [-0.2, 0) is 0 Å². The van der Waals surface area contributed by atoms with E-state index in [0.29, 0.717) is 42.1 Å². The Hall–Kier alpha value is -2.49. The molecule has 0 spiro atoms. The van der Waals surface area contributed by atoms with Gasteiger partial charge in [0.2, 0.25) is 0 Å². The average molecular weight is 323 g/mol. The lowest BCUT2D eigenvalue weighted by atomic mass is 10.0. The predicted octanol–water partition coefficient (Wildman–Crippen LogP) is 3.58. The van der Waals surface area contributed by atoms with E-state index in [4.69, 9.17) is 9.47 Å². The van der Waals surface area contributed by atoms with Crippen molar-refractivity contribution in [3.63, 3.8) is 0 Å². The summed E-state index contributed by atoms with van der Waals surface area (Å²) in [5, 5.41) is 3.21. The molecule has 0 bridgehead atoms. The molecule has 124 valence electrons. The summed E-state index contributed by atoms with van der Waals surface area (Å²) < 4.78 is 11.1. The van der Waals surface area contributed by atoms with E-state index in [1.165, 1.54) is 0 Å². The van der Waals surface area contributed by atoms with E-state index in [1.54, 1.807) is 18.2 Å². The molecule has 1 aliphatic heterocycles. The fourth-order valence-electron chi connectivity index (χ4n) is 3.32. The number of ether oxygens (including phenoxy) is 2. The Morgan fingerprint density at radius 1 is 1.08 bits per heavy atom. The number of amides is 1. The van der Waals surface area contributed by atoms with Crippen molar-refractivity contribution in [1.29, 1.82) is 0 Å². The number of rotatable bonds is 4. The molecule has 2 aromatic rings. The summed E-state index contributed by atoms with van der Waals surface area (Å²) in [4.78, 5) is 12.7. The number of nitrogens with one attached hydrogen (secondary N) is 1. The van der Waals surface area contributed by atoms with Crippen LogP contribution < -0.4 is 14.8 Å². The van der Waals surface area contributed by atoms with Crippen molar-refractivity contribution in [1.82, 2.24) is 5.32 Å². The van der Waals surface area contributed by atoms with Gasteiger partial charge in [0, 0.05) is 5.56 Å². The molecule has 1 heterocycles. The van der Waals surface area contributed by atoms with E-state index in [2.05, 4.69) is 24.4 Å². The minimum absolute atomic E-state index is 0.0573. The summed E-state index contributed by atoms with van der Waals surface area (Å²) >= 11 is 0. The predicted molar refractivity (Wildman–Crippen MR) is 91.4 cm³/mol. The molecule has 3 unspecified atom stereocenters. The van der Waals surface area contributed by atoms with Gasteiger partial charge in [-0.2, -0.15) is 0 Å². The Bertz CT molecular complexity index is 744. The maximum Gasteiger partial charge on any atom is 0.251 e. The highest BCUT2D eigenvalue weighted by Crippen LogP contribution is 2.47. The minimum Gasteiger partial charge on any atom is -0.486 e. The molecule has 1 amide bonds. The lowest BCUT2D eigenvalue weighted by molar-refractivity contribution is 0.0929. The first kappa shape index (κ1) is 15.1. The molecule has 4 nitrogen and oxygen atoms in total. The smallest absolute Gasteiger partial charge is 0.251 e. The van der Waals surface area contributed by atoms with Crippen LogP contribution in [0.2, 0.25) is 0 Å². The Labute approximate surface area is 141 Å². The Morgan fingerprint density at radius 2 is 1.79 bits per heavy atom. The zero-order chi connectivity index (χ0) is 16.5. The molecule has 2 aromatic carbocycles. The molecular formula is C20H21NO3. The van der Waals surface area contributed by atoms with Crippen molar-refractivity contribution in [3.05, 3.63) is 59.7 Å². The summed E-state index contributed by atoms with van der Waals surface area (Å²) in [5.74, 6) is 2.43. The number of benzene rings is 2. The van der Waals surface area contributed by atoms with Crippen molar-refractivity contribution in [2.24, 2.45) is 11.8 Å². The van der Waals surface area contributed by atoms with Gasteiger partial charge < -0.3 is 14.8 Å². The summed E-state index contributed by atoms with van der Waals surface area (Å²) in [6.45, 7) is 3.30. The molecule has 1 N–H and O–H groups in total. The Morgan fingerprint density at radius 3 is 2.50 bits per heavy atom. The van der Waals surface area contributed by atoms with Gasteiger partial charge in [-0.05, 0) is 42.0 Å². The van der Waals surface area contributed by atoms with Crippen molar-refractivity contribution < 1.29 is 14.3 Å². The van der Waals surface area contributed by atoms with Crippen molar-refractivity contribution in [2.75, 3.05) is 13.2 Å². The van der Waals surface area contributed by atoms with E-state index in [1.807, 2.05) is 18.2 Å². The van der Waals surface area contributed by atoms with Crippen molar-refractivity contribution in [3.8, 4) is 11.5 Å². The third-order valence-electron chi connectivity index (χ3n) is 4.85. The molecule has 0 saturated heterocycles. The van der Waals surface area contributed by atoms with Crippen LogP contribution >= 0.6 is 0 Å². The van der Waals surface area contributed by atoms with Crippen molar-refractivity contribution in [2.45, 2.75) is 19.4 Å². The van der Waals surface area contributed by atoms with Gasteiger partial charge in [0.15, 0.2) is 11.5 Å². The van der Waals surface area contributed by atoms with Crippen LogP contribution in [0.1, 0.15) is 35.3 Å². The molecule has 2 aliphatic rings. The summed E-state index contributed by atoms with van der Waals surface area (Å²) in [7, 11) is 0. The molecular weight excluding hydrogens is 302 g/mol. The van der Waals surface area contributed by atoms with E-state index >= 15 is 0 Å². The second-order valence-electron chi connectivity index (χ2n) is 6.60. The van der Waals surface area contributed by atoms with Crippen LogP contribution in [0.3, 0.4) is 0 Å². The van der Waals surface area contributed by atoms with Crippen LogP contribution in [-0.4, -0.2) is 19.1 Å². The average Bonchev–Trinajstić information content (AvgIpc) is 3.36. The number of hydrogen-bond donors (Lipinski definition) is 1. The van der Waals surface area contributed by atoms with Gasteiger partial charge in [-0.15, -0.1) is 0 Å². The van der Waals surface area contributed by atoms with Crippen LogP contribution in [0.15, 0.2) is 48.5 Å². The van der Waals surface area contributed by atoms with Crippen LogP contribution in [0.25, 0.3) is 0 Å². The first-order valence-electron chi connectivity index (χ1n) is 8.48. The molecule has 4 rings (SSSR count). The van der Waals surface area contributed by atoms with E-state index < -0.39 is 0 Å². The van der Waals surface area contributed by atoms with Gasteiger partial charge in [-0.25, -0.2) is 0 Å². The maximum absolute atomic E-state index is 12.7. The Kier molecular flexibility index (Phi) is 3.89. The molecule has 0 radical (unpaired) electrons. The van der Waals surface area contributed by atoms with Crippen molar-refractivity contribution >= 4 is 5.91 Å². The standard InChI is InChI=1S/C20H21NO3/c1-13-11-16(13)19(14-5-3-2-4-6-14)21-20(22)15-7-8-17-18(12-15)24-10-9-23-17/h2-8,12-13,16,19H,9-11H2,1H3,(H,21,22). The zero-order valence-corrected chi connectivity index (χ0v) is 13.7. The van der Waals surface area contributed by atoms with Gasteiger partial charge in [-0.1, -0.05) is 37.3 Å². The fraction of sp³-hybridized carbons (Fsp3) is 0.350. The second kappa shape index (κ2) is 6.19. The van der Waals surface area contributed by atoms with Gasteiger partial charge in [0.1, 0.15) is 13.2 Å². The lowest BCUT2D eigenvalue weighted by Gasteiger charge is -2.21. The quantitative estimate of drug-likeness (QED) is 0.935. The molecule has 0 aromatic heterocycles. The number of carbonyl (C=O) groups excluding carboxylic acids is 1. The summed E-state index contributed by atoms with van der Waals surface area (Å²) in [5.41, 5.74) is 1.77. The highest BCUT2D eigenvalue weighted by molar-refractivity contribution is 5.95.